The summed E-state index contributed by atoms with van der Waals surface area (Å²) < 4.78 is 10.5. The number of nitrogens with zero attached hydrogens (tertiary/aromatic N) is 3. The first kappa shape index (κ1) is 12.0. The van der Waals surface area contributed by atoms with Gasteiger partial charge in [-0.2, -0.15) is 10.2 Å². The average Bonchev–Trinajstić information content (AvgIpc) is 3.15. The molecule has 0 amide bonds. The molecular formula is C14H10N4O2. The first-order valence-corrected chi connectivity index (χ1v) is 5.88. The van der Waals surface area contributed by atoms with Crippen molar-refractivity contribution in [2.24, 2.45) is 0 Å². The Morgan fingerprint density at radius 3 is 2.95 bits per heavy atom. The molecule has 0 radical (unpaired) electrons. The van der Waals surface area contributed by atoms with Crippen LogP contribution in [0.4, 0.5) is 0 Å². The van der Waals surface area contributed by atoms with Crippen molar-refractivity contribution in [3.8, 4) is 34.7 Å². The first-order valence-electron chi connectivity index (χ1n) is 5.88. The molecule has 2 aromatic heterocycles. The molecule has 2 heterocycles. The lowest BCUT2D eigenvalue weighted by molar-refractivity contribution is 0.413. The number of benzene rings is 1. The molecule has 3 aromatic rings. The normalized spacial score (nSPS) is 10.2. The average molecular weight is 266 g/mol. The largest absolute Gasteiger partial charge is 0.496 e. The van der Waals surface area contributed by atoms with E-state index in [1.54, 1.807) is 19.4 Å². The van der Waals surface area contributed by atoms with Crippen molar-refractivity contribution < 1.29 is 9.26 Å². The number of H-pyrrole nitrogens is 1. The van der Waals surface area contributed by atoms with Crippen LogP contribution in [0.5, 0.6) is 5.75 Å². The summed E-state index contributed by atoms with van der Waals surface area (Å²) in [4.78, 5) is 7.13. The molecule has 0 fully saturated rings. The minimum absolute atomic E-state index is 0.351. The van der Waals surface area contributed by atoms with Gasteiger partial charge in [-0.1, -0.05) is 17.3 Å². The number of hydrogen-bond acceptors (Lipinski definition) is 5. The zero-order valence-electron chi connectivity index (χ0n) is 10.6. The molecule has 1 N–H and O–H groups in total. The summed E-state index contributed by atoms with van der Waals surface area (Å²) in [5, 5.41) is 12.7. The Morgan fingerprint density at radius 1 is 1.35 bits per heavy atom. The Balaban J connectivity index is 2.00. The first-order chi connectivity index (χ1) is 9.81. The number of nitriles is 1. The monoisotopic (exact) mass is 266 g/mol. The molecule has 6 heteroatoms. The van der Waals surface area contributed by atoms with Gasteiger partial charge in [0.15, 0.2) is 0 Å². The topological polar surface area (TPSA) is 87.7 Å². The van der Waals surface area contributed by atoms with Crippen LogP contribution in [-0.2, 0) is 0 Å². The molecular weight excluding hydrogens is 256 g/mol. The molecule has 0 saturated carbocycles. The lowest BCUT2D eigenvalue weighted by Crippen LogP contribution is -1.88. The van der Waals surface area contributed by atoms with E-state index >= 15 is 0 Å². The summed E-state index contributed by atoms with van der Waals surface area (Å²) in [6, 6.07) is 11.1. The van der Waals surface area contributed by atoms with E-state index in [4.69, 9.17) is 14.5 Å². The standard InChI is InChI=1S/C14H10N4O2/c1-19-12-5-3-2-4-11(12)13-17-14(20-18-13)9-6-10(7-15)16-8-9/h2-6,8,16H,1H3. The van der Waals surface area contributed by atoms with E-state index in [2.05, 4.69) is 15.1 Å². The predicted octanol–water partition coefficient (Wildman–Crippen LogP) is 2.61. The third-order valence-corrected chi connectivity index (χ3v) is 2.82. The summed E-state index contributed by atoms with van der Waals surface area (Å²) in [6.45, 7) is 0. The number of methoxy groups -OCH3 is 1. The summed E-state index contributed by atoms with van der Waals surface area (Å²) in [5.41, 5.74) is 1.87. The van der Waals surface area contributed by atoms with Crippen LogP contribution in [-0.4, -0.2) is 22.2 Å². The smallest absolute Gasteiger partial charge is 0.259 e. The van der Waals surface area contributed by atoms with Gasteiger partial charge in [0.05, 0.1) is 18.2 Å². The highest BCUT2D eigenvalue weighted by atomic mass is 16.5. The third kappa shape index (κ3) is 2.01. The lowest BCUT2D eigenvalue weighted by Gasteiger charge is -2.02. The maximum absolute atomic E-state index is 8.78. The number of hydrogen-bond donors (Lipinski definition) is 1. The number of nitrogens with one attached hydrogen (secondary N) is 1. The molecule has 0 spiro atoms. The molecule has 0 saturated heterocycles. The predicted molar refractivity (Wildman–Crippen MR) is 70.8 cm³/mol. The summed E-state index contributed by atoms with van der Waals surface area (Å²) in [6.07, 6.45) is 1.65. The zero-order valence-corrected chi connectivity index (χ0v) is 10.6. The second-order valence-corrected chi connectivity index (χ2v) is 4.04. The van der Waals surface area contributed by atoms with Gasteiger partial charge in [-0.25, -0.2) is 0 Å². The zero-order chi connectivity index (χ0) is 13.9. The number of ether oxygens (including phenoxy) is 1. The third-order valence-electron chi connectivity index (χ3n) is 2.82. The summed E-state index contributed by atoms with van der Waals surface area (Å²) in [7, 11) is 1.59. The Bertz CT molecular complexity index is 782. The number of para-hydroxylation sites is 1. The highest BCUT2D eigenvalue weighted by Gasteiger charge is 2.14. The van der Waals surface area contributed by atoms with E-state index in [9.17, 15) is 0 Å². The van der Waals surface area contributed by atoms with Crippen LogP contribution in [0.15, 0.2) is 41.1 Å². The molecule has 1 aromatic carbocycles. The van der Waals surface area contributed by atoms with Crippen molar-refractivity contribution in [3.05, 3.63) is 42.2 Å². The Hall–Kier alpha value is -3.07. The molecule has 20 heavy (non-hydrogen) atoms. The molecule has 3 rings (SSSR count). The minimum atomic E-state index is 0.351. The van der Waals surface area contributed by atoms with Gasteiger partial charge < -0.3 is 14.2 Å². The number of rotatable bonds is 3. The van der Waals surface area contributed by atoms with Gasteiger partial charge in [0.2, 0.25) is 5.82 Å². The van der Waals surface area contributed by atoms with E-state index in [-0.39, 0.29) is 0 Å². The van der Waals surface area contributed by atoms with E-state index in [0.29, 0.717) is 28.7 Å². The second-order valence-electron chi connectivity index (χ2n) is 4.04. The van der Waals surface area contributed by atoms with Crippen molar-refractivity contribution in [1.82, 2.24) is 15.1 Å². The van der Waals surface area contributed by atoms with E-state index < -0.39 is 0 Å². The molecule has 0 unspecified atom stereocenters. The van der Waals surface area contributed by atoms with Crippen LogP contribution >= 0.6 is 0 Å². The molecule has 0 aliphatic heterocycles. The van der Waals surface area contributed by atoms with Crippen molar-refractivity contribution in [3.63, 3.8) is 0 Å². The molecule has 0 aliphatic rings. The SMILES string of the molecule is COc1ccccc1-c1noc(-c2c[nH]c(C#N)c2)n1. The summed E-state index contributed by atoms with van der Waals surface area (Å²) in [5.74, 6) is 1.47. The maximum atomic E-state index is 8.78. The van der Waals surface area contributed by atoms with Gasteiger partial charge in [-0.05, 0) is 18.2 Å². The van der Waals surface area contributed by atoms with Crippen LogP contribution in [0, 0.1) is 11.3 Å². The number of aromatic nitrogens is 3. The van der Waals surface area contributed by atoms with Gasteiger partial charge in [0, 0.05) is 6.20 Å². The van der Waals surface area contributed by atoms with Gasteiger partial charge in [0.1, 0.15) is 17.5 Å². The minimum Gasteiger partial charge on any atom is -0.496 e. The molecule has 6 nitrogen and oxygen atoms in total. The fourth-order valence-corrected chi connectivity index (χ4v) is 1.86. The Morgan fingerprint density at radius 2 is 2.20 bits per heavy atom. The van der Waals surface area contributed by atoms with Crippen molar-refractivity contribution in [1.29, 1.82) is 5.26 Å². The van der Waals surface area contributed by atoms with E-state index in [1.807, 2.05) is 30.3 Å². The quantitative estimate of drug-likeness (QED) is 0.787. The van der Waals surface area contributed by atoms with E-state index in [1.165, 1.54) is 0 Å². The highest BCUT2D eigenvalue weighted by molar-refractivity contribution is 5.66. The van der Waals surface area contributed by atoms with Crippen LogP contribution in [0.1, 0.15) is 5.69 Å². The van der Waals surface area contributed by atoms with Gasteiger partial charge in [0.25, 0.3) is 5.89 Å². The molecule has 0 atom stereocenters. The highest BCUT2D eigenvalue weighted by Crippen LogP contribution is 2.29. The molecule has 0 bridgehead atoms. The summed E-state index contributed by atoms with van der Waals surface area (Å²) >= 11 is 0. The Kier molecular flexibility index (Phi) is 2.94. The van der Waals surface area contributed by atoms with Crippen molar-refractivity contribution in [2.75, 3.05) is 7.11 Å². The van der Waals surface area contributed by atoms with Gasteiger partial charge >= 0.3 is 0 Å². The van der Waals surface area contributed by atoms with E-state index in [0.717, 1.165) is 5.56 Å². The maximum Gasteiger partial charge on any atom is 0.259 e. The fraction of sp³-hybridized carbons (Fsp3) is 0.0714. The fourth-order valence-electron chi connectivity index (χ4n) is 1.86. The Labute approximate surface area is 114 Å². The second kappa shape index (κ2) is 4.90. The van der Waals surface area contributed by atoms with Crippen LogP contribution < -0.4 is 4.74 Å². The van der Waals surface area contributed by atoms with Crippen molar-refractivity contribution in [2.45, 2.75) is 0 Å². The van der Waals surface area contributed by atoms with Gasteiger partial charge in [-0.3, -0.25) is 0 Å². The van der Waals surface area contributed by atoms with Crippen LogP contribution in [0.3, 0.4) is 0 Å². The lowest BCUT2D eigenvalue weighted by atomic mass is 10.2. The van der Waals surface area contributed by atoms with Crippen molar-refractivity contribution >= 4 is 0 Å². The molecule has 0 aliphatic carbocycles. The van der Waals surface area contributed by atoms with Gasteiger partial charge in [-0.15, -0.1) is 0 Å². The molecule has 98 valence electrons. The number of aromatic amines is 1. The van der Waals surface area contributed by atoms with Crippen LogP contribution in [0.25, 0.3) is 22.8 Å². The van der Waals surface area contributed by atoms with Crippen LogP contribution in [0.2, 0.25) is 0 Å².